The molecule has 9 nitrogen and oxygen atoms in total. The van der Waals surface area contributed by atoms with Gasteiger partial charge in [0.25, 0.3) is 0 Å². The van der Waals surface area contributed by atoms with Gasteiger partial charge in [-0.25, -0.2) is 19.3 Å². The van der Waals surface area contributed by atoms with Crippen molar-refractivity contribution in [2.24, 2.45) is 5.92 Å². The molecule has 1 atom stereocenters. The molecule has 0 saturated carbocycles. The van der Waals surface area contributed by atoms with Gasteiger partial charge in [-0.15, -0.1) is 0 Å². The van der Waals surface area contributed by atoms with Crippen molar-refractivity contribution in [2.75, 3.05) is 23.3 Å². The lowest BCUT2D eigenvalue weighted by molar-refractivity contribution is -0.120. The molecule has 1 amide bonds. The highest BCUT2D eigenvalue weighted by Crippen LogP contribution is 2.30. The third kappa shape index (κ3) is 4.24. The number of fused-ring (bicyclic) bond motifs is 3. The average Bonchev–Trinajstić information content (AvgIpc) is 3.41. The van der Waals surface area contributed by atoms with Gasteiger partial charge in [-0.2, -0.15) is 0 Å². The first kappa shape index (κ1) is 21.7. The lowest BCUT2D eigenvalue weighted by Gasteiger charge is -2.32. The molecule has 1 unspecified atom stereocenters. The number of anilines is 2. The Bertz CT molecular complexity index is 1380. The predicted molar refractivity (Wildman–Crippen MR) is 128 cm³/mol. The van der Waals surface area contributed by atoms with Crippen LogP contribution in [0.25, 0.3) is 22.4 Å². The second-order valence-electron chi connectivity index (χ2n) is 9.22. The lowest BCUT2D eigenvalue weighted by atomic mass is 9.97. The maximum absolute atomic E-state index is 13.5. The van der Waals surface area contributed by atoms with Crippen molar-refractivity contribution in [1.29, 1.82) is 0 Å². The number of benzene rings is 1. The van der Waals surface area contributed by atoms with E-state index >= 15 is 0 Å². The zero-order valence-corrected chi connectivity index (χ0v) is 19.3. The van der Waals surface area contributed by atoms with E-state index in [4.69, 9.17) is 9.51 Å². The number of amides is 1. The van der Waals surface area contributed by atoms with Crippen LogP contribution < -0.4 is 10.2 Å². The van der Waals surface area contributed by atoms with Crippen molar-refractivity contribution in [2.45, 2.75) is 45.1 Å². The van der Waals surface area contributed by atoms with E-state index in [9.17, 15) is 9.18 Å². The number of aromatic nitrogens is 5. The Kier molecular flexibility index (Phi) is 5.63. The Morgan fingerprint density at radius 2 is 2.06 bits per heavy atom. The number of piperidine rings is 1. The second-order valence-corrected chi connectivity index (χ2v) is 9.22. The zero-order chi connectivity index (χ0) is 23.8. The van der Waals surface area contributed by atoms with Gasteiger partial charge in [0.1, 0.15) is 23.7 Å². The molecule has 2 aliphatic heterocycles. The van der Waals surface area contributed by atoms with E-state index in [1.165, 1.54) is 18.6 Å². The Balaban J connectivity index is 1.19. The summed E-state index contributed by atoms with van der Waals surface area (Å²) in [5.74, 6) is 1.38. The first-order valence-electron chi connectivity index (χ1n) is 12.1. The van der Waals surface area contributed by atoms with Crippen LogP contribution in [0, 0.1) is 11.7 Å². The SMILES string of the molecule is O=C(Nc1cc(-c2cccc(F)c2)no1)C1CCCN(c2ncnc3c2nc2n3CCCCC2)C1. The van der Waals surface area contributed by atoms with Crippen molar-refractivity contribution in [1.82, 2.24) is 24.7 Å². The summed E-state index contributed by atoms with van der Waals surface area (Å²) in [5, 5.41) is 6.80. The highest BCUT2D eigenvalue weighted by Gasteiger charge is 2.29. The van der Waals surface area contributed by atoms with Gasteiger partial charge in [-0.3, -0.25) is 10.1 Å². The predicted octanol–water partition coefficient (Wildman–Crippen LogP) is 4.20. The molecule has 6 rings (SSSR count). The topological polar surface area (TPSA) is 102 Å². The summed E-state index contributed by atoms with van der Waals surface area (Å²) in [7, 11) is 0. The molecule has 10 heteroatoms. The smallest absolute Gasteiger partial charge is 0.231 e. The van der Waals surface area contributed by atoms with E-state index < -0.39 is 0 Å². The average molecular weight is 476 g/mol. The number of hydrogen-bond acceptors (Lipinski definition) is 7. The quantitative estimate of drug-likeness (QED) is 0.472. The summed E-state index contributed by atoms with van der Waals surface area (Å²) >= 11 is 0. The summed E-state index contributed by atoms with van der Waals surface area (Å²) in [6, 6.07) is 7.70. The van der Waals surface area contributed by atoms with Gasteiger partial charge in [-0.05, 0) is 37.8 Å². The molecule has 0 aliphatic carbocycles. The Morgan fingerprint density at radius 1 is 1.11 bits per heavy atom. The number of hydrogen-bond donors (Lipinski definition) is 1. The number of carbonyl (C=O) groups excluding carboxylic acids is 1. The van der Waals surface area contributed by atoms with Crippen LogP contribution in [-0.2, 0) is 17.8 Å². The van der Waals surface area contributed by atoms with E-state index in [0.29, 0.717) is 17.8 Å². The largest absolute Gasteiger partial charge is 0.354 e. The van der Waals surface area contributed by atoms with E-state index in [-0.39, 0.29) is 23.5 Å². The molecule has 35 heavy (non-hydrogen) atoms. The third-order valence-corrected chi connectivity index (χ3v) is 6.84. The molecule has 180 valence electrons. The van der Waals surface area contributed by atoms with E-state index in [0.717, 1.165) is 68.0 Å². The number of aryl methyl sites for hydroxylation is 2. The minimum atomic E-state index is -0.355. The fourth-order valence-corrected chi connectivity index (χ4v) is 5.08. The maximum Gasteiger partial charge on any atom is 0.231 e. The second kappa shape index (κ2) is 9.09. The summed E-state index contributed by atoms with van der Waals surface area (Å²) in [4.78, 5) is 29.2. The molecular weight excluding hydrogens is 449 g/mol. The molecular formula is C25H26FN7O2. The highest BCUT2D eigenvalue weighted by atomic mass is 19.1. The lowest BCUT2D eigenvalue weighted by Crippen LogP contribution is -2.41. The molecule has 4 aromatic rings. The summed E-state index contributed by atoms with van der Waals surface area (Å²) in [6.45, 7) is 2.28. The van der Waals surface area contributed by atoms with Crippen LogP contribution in [-0.4, -0.2) is 43.7 Å². The van der Waals surface area contributed by atoms with Crippen LogP contribution in [0.15, 0.2) is 41.2 Å². The van der Waals surface area contributed by atoms with Gasteiger partial charge in [0.2, 0.25) is 11.8 Å². The molecule has 1 N–H and O–H groups in total. The van der Waals surface area contributed by atoms with Crippen molar-refractivity contribution < 1.29 is 13.7 Å². The number of nitrogens with zero attached hydrogens (tertiary/aromatic N) is 6. The third-order valence-electron chi connectivity index (χ3n) is 6.84. The molecule has 0 spiro atoms. The van der Waals surface area contributed by atoms with Gasteiger partial charge < -0.3 is 14.0 Å². The minimum absolute atomic E-state index is 0.137. The van der Waals surface area contributed by atoms with Gasteiger partial charge in [0, 0.05) is 37.7 Å². The van der Waals surface area contributed by atoms with Crippen LogP contribution >= 0.6 is 0 Å². The molecule has 0 radical (unpaired) electrons. The molecule has 3 aromatic heterocycles. The summed E-state index contributed by atoms with van der Waals surface area (Å²) in [5.41, 5.74) is 2.75. The van der Waals surface area contributed by atoms with Crippen LogP contribution in [0.4, 0.5) is 16.1 Å². The first-order chi connectivity index (χ1) is 17.2. The van der Waals surface area contributed by atoms with Crippen LogP contribution in [0.3, 0.4) is 0 Å². The highest BCUT2D eigenvalue weighted by molar-refractivity contribution is 5.92. The first-order valence-corrected chi connectivity index (χ1v) is 12.1. The number of nitrogens with one attached hydrogen (secondary N) is 1. The van der Waals surface area contributed by atoms with Crippen LogP contribution in [0.5, 0.6) is 0 Å². The molecule has 1 aromatic carbocycles. The molecule has 2 aliphatic rings. The molecule has 1 fully saturated rings. The number of imidazole rings is 1. The monoisotopic (exact) mass is 475 g/mol. The van der Waals surface area contributed by atoms with Crippen molar-refractivity contribution in [3.05, 3.63) is 48.3 Å². The van der Waals surface area contributed by atoms with Gasteiger partial charge in [0.15, 0.2) is 17.0 Å². The summed E-state index contributed by atoms with van der Waals surface area (Å²) in [6.07, 6.45) is 7.66. The van der Waals surface area contributed by atoms with E-state index in [1.807, 2.05) is 0 Å². The van der Waals surface area contributed by atoms with Gasteiger partial charge in [-0.1, -0.05) is 23.7 Å². The Hall–Kier alpha value is -3.82. The molecule has 0 bridgehead atoms. The fourth-order valence-electron chi connectivity index (χ4n) is 5.08. The van der Waals surface area contributed by atoms with Crippen molar-refractivity contribution in [3.8, 4) is 11.3 Å². The van der Waals surface area contributed by atoms with Crippen LogP contribution in [0.1, 0.15) is 37.9 Å². The van der Waals surface area contributed by atoms with Gasteiger partial charge >= 0.3 is 0 Å². The zero-order valence-electron chi connectivity index (χ0n) is 19.3. The fraction of sp³-hybridized carbons (Fsp3) is 0.400. The van der Waals surface area contributed by atoms with Gasteiger partial charge in [0.05, 0.1) is 5.92 Å². The Morgan fingerprint density at radius 3 is 2.97 bits per heavy atom. The maximum atomic E-state index is 13.5. The number of halogens is 1. The molecule has 1 saturated heterocycles. The standard InChI is InChI=1S/C25H26FN7O2/c26-18-8-4-6-16(12-18)19-13-21(35-31-19)30-25(34)17-7-5-10-32(14-17)23-22-24(28-15-27-23)33-11-3-1-2-9-20(33)29-22/h4,6,8,12-13,15,17H,1-3,5,7,9-11,14H2,(H,30,34). The van der Waals surface area contributed by atoms with Crippen LogP contribution in [0.2, 0.25) is 0 Å². The van der Waals surface area contributed by atoms with Crippen molar-refractivity contribution in [3.63, 3.8) is 0 Å². The van der Waals surface area contributed by atoms with E-state index in [2.05, 4.69) is 29.9 Å². The van der Waals surface area contributed by atoms with Crippen molar-refractivity contribution >= 4 is 28.8 Å². The van der Waals surface area contributed by atoms with E-state index in [1.54, 1.807) is 24.5 Å². The number of rotatable bonds is 4. The number of carbonyl (C=O) groups is 1. The minimum Gasteiger partial charge on any atom is -0.354 e. The summed E-state index contributed by atoms with van der Waals surface area (Å²) < 4.78 is 21.0. The molecule has 5 heterocycles. The normalized spacial score (nSPS) is 18.3. The Labute approximate surface area is 201 Å².